The van der Waals surface area contributed by atoms with Gasteiger partial charge >= 0.3 is 29.6 Å². The molecule has 0 saturated heterocycles. The number of para-hydroxylation sites is 4. The van der Waals surface area contributed by atoms with E-state index >= 15 is 0 Å². The molecule has 38 heavy (non-hydrogen) atoms. The monoisotopic (exact) mass is 570 g/mol. The predicted octanol–water partition coefficient (Wildman–Crippen LogP) is 4.09. The number of nitrogens with one attached hydrogen (secondary N) is 1. The number of nitriles is 2. The summed E-state index contributed by atoms with van der Waals surface area (Å²) in [5.74, 6) is 0. The molecule has 0 aliphatic carbocycles. The molecule has 8 heteroatoms. The van der Waals surface area contributed by atoms with Crippen LogP contribution in [0.4, 0.5) is 0 Å². The number of fused-ring (bicyclic) bond motifs is 2. The van der Waals surface area contributed by atoms with Gasteiger partial charge in [0, 0.05) is 11.9 Å². The molecule has 0 aliphatic rings. The van der Waals surface area contributed by atoms with E-state index in [4.69, 9.17) is 10.5 Å². The first-order chi connectivity index (χ1) is 18.2. The minimum absolute atomic E-state index is 0. The molecule has 1 N–H and O–H groups in total. The van der Waals surface area contributed by atoms with Gasteiger partial charge in [0.15, 0.2) is 0 Å². The van der Waals surface area contributed by atoms with Gasteiger partial charge in [0.1, 0.15) is 0 Å². The number of hydrogen-bond donors (Lipinski definition) is 1. The molecule has 0 spiro atoms. The zero-order valence-electron chi connectivity index (χ0n) is 21.9. The van der Waals surface area contributed by atoms with Crippen LogP contribution in [0.5, 0.6) is 0 Å². The summed E-state index contributed by atoms with van der Waals surface area (Å²) in [5.41, 5.74) is 8.01. The third kappa shape index (κ3) is 7.89. The molecule has 2 aromatic heterocycles. The molecule has 0 amide bonds. The topological polar surface area (TPSA) is 94.1 Å². The van der Waals surface area contributed by atoms with Crippen molar-refractivity contribution in [2.45, 2.75) is 11.9 Å². The molecule has 0 atom stereocenters. The van der Waals surface area contributed by atoms with Gasteiger partial charge in [-0.05, 0) is 59.7 Å². The summed E-state index contributed by atoms with van der Waals surface area (Å²) in [5, 5.41) is 18.0. The van der Waals surface area contributed by atoms with E-state index in [0.717, 1.165) is 39.5 Å². The van der Waals surface area contributed by atoms with Crippen molar-refractivity contribution >= 4 is 38.0 Å². The van der Waals surface area contributed by atoms with Crippen molar-refractivity contribution in [1.82, 2.24) is 19.5 Å². The summed E-state index contributed by atoms with van der Waals surface area (Å²) in [7, 11) is 0. The Balaban J connectivity index is 0.000000217. The molecule has 0 aliphatic heterocycles. The Morgan fingerprint density at radius 2 is 1.32 bits per heavy atom. The van der Waals surface area contributed by atoms with Gasteiger partial charge in [-0.25, -0.2) is 9.97 Å². The Bertz CT molecular complexity index is 1630. The maximum Gasteiger partial charge on any atom is 1.00 e. The van der Waals surface area contributed by atoms with Crippen LogP contribution in [0.3, 0.4) is 0 Å². The van der Waals surface area contributed by atoms with E-state index in [9.17, 15) is 0 Å². The van der Waals surface area contributed by atoms with Crippen molar-refractivity contribution in [3.8, 4) is 12.1 Å². The third-order valence-corrected chi connectivity index (χ3v) is 6.18. The minimum Gasteiger partial charge on any atom is -1.00 e. The van der Waals surface area contributed by atoms with Crippen LogP contribution in [-0.2, 0) is 11.9 Å². The standard InChI is InChI=1S/C15H11N3.C8H6BrN.C7H6N2.Na.H/c16-9-12-5-7-13(8-6-12)10-18-11-17-14-3-1-2-4-15(14)18;9-5-7-1-3-8(6-10)4-2-7;1-2-4-7-6(3-1)8-5-9-7;;/h1-8,11H,10H2;1-4H,5H2;1-5H,(H,8,9);;/q;;;+1;-1. The van der Waals surface area contributed by atoms with Crippen LogP contribution in [0.2, 0.25) is 0 Å². The summed E-state index contributed by atoms with van der Waals surface area (Å²) in [4.78, 5) is 11.4. The Labute approximate surface area is 253 Å². The van der Waals surface area contributed by atoms with E-state index in [1.165, 1.54) is 5.56 Å². The number of aromatic amines is 1. The van der Waals surface area contributed by atoms with Crippen LogP contribution < -0.4 is 29.6 Å². The molecule has 0 fully saturated rings. The van der Waals surface area contributed by atoms with E-state index in [2.05, 4.69) is 53.7 Å². The number of alkyl halides is 1. The molecule has 0 saturated carbocycles. The van der Waals surface area contributed by atoms with E-state index < -0.39 is 0 Å². The van der Waals surface area contributed by atoms with Crippen molar-refractivity contribution < 1.29 is 31.0 Å². The zero-order valence-corrected chi connectivity index (χ0v) is 24.5. The molecule has 6 rings (SSSR count). The van der Waals surface area contributed by atoms with Crippen LogP contribution >= 0.6 is 15.9 Å². The quantitative estimate of drug-likeness (QED) is 0.256. The van der Waals surface area contributed by atoms with Gasteiger partial charge in [-0.1, -0.05) is 64.5 Å². The molecule has 0 unspecified atom stereocenters. The largest absolute Gasteiger partial charge is 1.00 e. The smallest absolute Gasteiger partial charge is 1.00 e. The number of imidazole rings is 2. The van der Waals surface area contributed by atoms with E-state index in [0.29, 0.717) is 11.1 Å². The SMILES string of the molecule is N#Cc1ccc(CBr)cc1.N#Cc1ccc(Cn2cnc3ccccc32)cc1.[H-].[Na+].c1ccc2[nH]cnc2c1. The van der Waals surface area contributed by atoms with Crippen LogP contribution in [-0.4, -0.2) is 19.5 Å². The summed E-state index contributed by atoms with van der Waals surface area (Å²) >= 11 is 3.32. The molecule has 4 aromatic carbocycles. The van der Waals surface area contributed by atoms with Gasteiger partial charge in [0.2, 0.25) is 0 Å². The van der Waals surface area contributed by atoms with E-state index in [1.54, 1.807) is 6.33 Å². The summed E-state index contributed by atoms with van der Waals surface area (Å²) in [6, 6.07) is 35.3. The van der Waals surface area contributed by atoms with E-state index in [-0.39, 0.29) is 31.0 Å². The molecule has 6 aromatic rings. The van der Waals surface area contributed by atoms with E-state index in [1.807, 2.05) is 97.3 Å². The molecule has 6 nitrogen and oxygen atoms in total. The van der Waals surface area contributed by atoms with Crippen LogP contribution in [0.25, 0.3) is 22.1 Å². The van der Waals surface area contributed by atoms with Gasteiger partial charge < -0.3 is 11.0 Å². The van der Waals surface area contributed by atoms with Crippen LogP contribution in [0.15, 0.2) is 110 Å². The first kappa shape index (κ1) is 28.8. The number of aromatic nitrogens is 4. The first-order valence-corrected chi connectivity index (χ1v) is 12.6. The second kappa shape index (κ2) is 14.9. The van der Waals surface area contributed by atoms with Crippen molar-refractivity contribution in [3.63, 3.8) is 0 Å². The van der Waals surface area contributed by atoms with Crippen molar-refractivity contribution in [2.75, 3.05) is 0 Å². The fourth-order valence-electron chi connectivity index (χ4n) is 3.57. The number of halogens is 1. The van der Waals surface area contributed by atoms with Crippen molar-refractivity contribution in [3.05, 3.63) is 132 Å². The fourth-order valence-corrected chi connectivity index (χ4v) is 3.94. The average molecular weight is 571 g/mol. The Hall–Kier alpha value is -3.72. The van der Waals surface area contributed by atoms with Crippen molar-refractivity contribution in [2.24, 2.45) is 0 Å². The van der Waals surface area contributed by atoms with Gasteiger partial charge in [0.25, 0.3) is 0 Å². The summed E-state index contributed by atoms with van der Waals surface area (Å²) in [6.07, 6.45) is 3.55. The Morgan fingerprint density at radius 1 is 0.737 bits per heavy atom. The van der Waals surface area contributed by atoms with Gasteiger partial charge in [-0.15, -0.1) is 0 Å². The van der Waals surface area contributed by atoms with Crippen molar-refractivity contribution in [1.29, 1.82) is 10.5 Å². The number of rotatable bonds is 3. The zero-order chi connectivity index (χ0) is 25.9. The second-order valence-corrected chi connectivity index (χ2v) is 8.59. The molecular formula is C30H24BrN6Na. The molecular weight excluding hydrogens is 547 g/mol. The third-order valence-electron chi connectivity index (χ3n) is 5.53. The fraction of sp³-hybridized carbons (Fsp3) is 0.0667. The number of benzene rings is 4. The predicted molar refractivity (Wildman–Crippen MR) is 151 cm³/mol. The molecule has 0 radical (unpaired) electrons. The molecule has 2 heterocycles. The molecule has 182 valence electrons. The number of hydrogen-bond acceptors (Lipinski definition) is 4. The normalized spacial score (nSPS) is 9.66. The van der Waals surface area contributed by atoms with Crippen LogP contribution in [0.1, 0.15) is 23.7 Å². The number of H-pyrrole nitrogens is 1. The van der Waals surface area contributed by atoms with Gasteiger partial charge in [-0.3, -0.25) is 0 Å². The van der Waals surface area contributed by atoms with Crippen LogP contribution in [0, 0.1) is 22.7 Å². The minimum atomic E-state index is 0. The number of nitrogens with zero attached hydrogens (tertiary/aromatic N) is 5. The van der Waals surface area contributed by atoms with Gasteiger partial charge in [-0.2, -0.15) is 10.5 Å². The maximum atomic E-state index is 8.76. The Kier molecular flexibility index (Phi) is 11.3. The maximum absolute atomic E-state index is 8.76. The molecule has 0 bridgehead atoms. The summed E-state index contributed by atoms with van der Waals surface area (Å²) < 4.78 is 2.11. The second-order valence-electron chi connectivity index (χ2n) is 8.03. The summed E-state index contributed by atoms with van der Waals surface area (Å²) in [6.45, 7) is 0.770. The average Bonchev–Trinajstić information content (AvgIpc) is 3.62. The van der Waals surface area contributed by atoms with Gasteiger partial charge in [0.05, 0.1) is 58.0 Å². The Morgan fingerprint density at radius 3 is 1.92 bits per heavy atom. The first-order valence-electron chi connectivity index (χ1n) is 11.5.